The number of amides is 1. The van der Waals surface area contributed by atoms with E-state index in [1.54, 1.807) is 17.3 Å². The van der Waals surface area contributed by atoms with Crippen LogP contribution < -0.4 is 4.90 Å². The van der Waals surface area contributed by atoms with Crippen LogP contribution in [0.4, 0.5) is 5.69 Å². The van der Waals surface area contributed by atoms with Gasteiger partial charge in [-0.25, -0.2) is 4.98 Å². The van der Waals surface area contributed by atoms with E-state index in [2.05, 4.69) is 22.1 Å². The number of Topliss-reactive ketones (excluding diaryl/α,β-unsaturated/α-hetero) is 2. The van der Waals surface area contributed by atoms with Crippen molar-refractivity contribution in [2.45, 2.75) is 32.2 Å². The summed E-state index contributed by atoms with van der Waals surface area (Å²) in [5.41, 5.74) is 2.23. The summed E-state index contributed by atoms with van der Waals surface area (Å²) >= 11 is 0. The van der Waals surface area contributed by atoms with Crippen molar-refractivity contribution in [3.8, 4) is 0 Å². The second-order valence-corrected chi connectivity index (χ2v) is 6.77. The van der Waals surface area contributed by atoms with Gasteiger partial charge in [-0.1, -0.05) is 12.2 Å². The second kappa shape index (κ2) is 5.95. The maximum Gasteiger partial charge on any atom is 0.295 e. The Bertz CT molecular complexity index is 898. The lowest BCUT2D eigenvalue weighted by molar-refractivity contribution is -0.138. The average Bonchev–Trinajstić information content (AvgIpc) is 3.18. The summed E-state index contributed by atoms with van der Waals surface area (Å²) < 4.78 is 0. The molecule has 1 amide bonds. The summed E-state index contributed by atoms with van der Waals surface area (Å²) in [4.78, 5) is 46.2. The number of hydrogen-bond donors (Lipinski definition) is 1. The van der Waals surface area contributed by atoms with E-state index in [0.717, 1.165) is 30.3 Å². The van der Waals surface area contributed by atoms with Gasteiger partial charge in [0.1, 0.15) is 11.7 Å². The Morgan fingerprint density at radius 1 is 1.28 bits per heavy atom. The lowest BCUT2D eigenvalue weighted by Crippen LogP contribution is -2.43. The van der Waals surface area contributed by atoms with E-state index in [0.29, 0.717) is 5.69 Å². The molecule has 3 atom stereocenters. The molecule has 1 saturated heterocycles. The van der Waals surface area contributed by atoms with E-state index in [-0.39, 0.29) is 11.7 Å². The molecule has 1 aliphatic carbocycles. The summed E-state index contributed by atoms with van der Waals surface area (Å²) in [6.07, 6.45) is 8.33. The van der Waals surface area contributed by atoms with Gasteiger partial charge in [0.15, 0.2) is 0 Å². The Balaban J connectivity index is 1.81. The molecule has 4 rings (SSSR count). The predicted octanol–water partition coefficient (Wildman–Crippen LogP) is 2.41. The molecule has 2 aliphatic rings. The van der Waals surface area contributed by atoms with E-state index in [1.807, 2.05) is 12.1 Å². The van der Waals surface area contributed by atoms with Crippen LogP contribution in [0.5, 0.6) is 0 Å². The fourth-order valence-corrected chi connectivity index (χ4v) is 4.09. The van der Waals surface area contributed by atoms with Crippen LogP contribution in [-0.4, -0.2) is 33.5 Å². The molecule has 1 aromatic heterocycles. The van der Waals surface area contributed by atoms with Gasteiger partial charge in [0.05, 0.1) is 23.4 Å². The molecular weight excluding hydrogens is 318 g/mol. The van der Waals surface area contributed by atoms with Crippen LogP contribution in [0.15, 0.2) is 36.7 Å². The zero-order chi connectivity index (χ0) is 17.6. The summed E-state index contributed by atoms with van der Waals surface area (Å²) in [5, 5.41) is 0. The first-order valence-electron chi connectivity index (χ1n) is 8.54. The lowest BCUT2D eigenvalue weighted by Gasteiger charge is -2.34. The van der Waals surface area contributed by atoms with Gasteiger partial charge in [-0.3, -0.25) is 14.4 Å². The van der Waals surface area contributed by atoms with Crippen molar-refractivity contribution < 1.29 is 14.4 Å². The fraction of sp³-hybridized carbons (Fsp3) is 0.368. The Labute approximate surface area is 144 Å². The molecule has 1 N–H and O–H groups in total. The highest BCUT2D eigenvalue weighted by Crippen LogP contribution is 2.38. The number of fused-ring (bicyclic) bond motifs is 1. The summed E-state index contributed by atoms with van der Waals surface area (Å²) in [7, 11) is 0. The Morgan fingerprint density at radius 3 is 2.84 bits per heavy atom. The molecule has 0 spiro atoms. The minimum atomic E-state index is -0.874. The van der Waals surface area contributed by atoms with Gasteiger partial charge in [-0.15, -0.1) is 0 Å². The molecule has 2 aromatic rings. The second-order valence-electron chi connectivity index (χ2n) is 6.77. The van der Waals surface area contributed by atoms with Gasteiger partial charge in [0.25, 0.3) is 5.91 Å². The number of allylic oxidation sites excluding steroid dienone is 2. The molecule has 0 bridgehead atoms. The Morgan fingerprint density at radius 2 is 2.12 bits per heavy atom. The van der Waals surface area contributed by atoms with Gasteiger partial charge in [0, 0.05) is 5.69 Å². The van der Waals surface area contributed by atoms with Crippen molar-refractivity contribution in [2.75, 3.05) is 4.90 Å². The molecule has 2 heterocycles. The van der Waals surface area contributed by atoms with Crippen molar-refractivity contribution in [1.82, 2.24) is 9.97 Å². The molecule has 0 saturated carbocycles. The van der Waals surface area contributed by atoms with Crippen LogP contribution in [0.25, 0.3) is 11.0 Å². The number of rotatable bonds is 3. The highest BCUT2D eigenvalue weighted by atomic mass is 16.2. The number of hydrogen-bond acceptors (Lipinski definition) is 4. The average molecular weight is 337 g/mol. The standard InChI is InChI=1S/C19H19N3O3/c1-11(23)16-17(12-5-3-2-4-6-12)22(19(25)18(16)24)13-7-8-14-15(9-13)21-10-20-14/h2-3,7-10,12,16-17H,4-6H2,1H3,(H,20,21). The minimum absolute atomic E-state index is 0.103. The lowest BCUT2D eigenvalue weighted by atomic mass is 9.79. The number of ketones is 2. The fourth-order valence-electron chi connectivity index (χ4n) is 4.09. The van der Waals surface area contributed by atoms with Crippen molar-refractivity contribution >= 4 is 34.2 Å². The first kappa shape index (κ1) is 15.7. The zero-order valence-electron chi connectivity index (χ0n) is 13.9. The molecule has 3 unspecified atom stereocenters. The van der Waals surface area contributed by atoms with Gasteiger partial charge in [-0.2, -0.15) is 0 Å². The Kier molecular flexibility index (Phi) is 3.75. The van der Waals surface area contributed by atoms with E-state index < -0.39 is 23.7 Å². The summed E-state index contributed by atoms with van der Waals surface area (Å²) in [5.74, 6) is -2.17. The minimum Gasteiger partial charge on any atom is -0.345 e. The topological polar surface area (TPSA) is 83.1 Å². The maximum absolute atomic E-state index is 12.7. The quantitative estimate of drug-likeness (QED) is 0.530. The number of H-pyrrole nitrogens is 1. The molecule has 128 valence electrons. The summed E-state index contributed by atoms with van der Waals surface area (Å²) in [6.45, 7) is 1.41. The highest BCUT2D eigenvalue weighted by Gasteiger charge is 2.52. The molecule has 6 nitrogen and oxygen atoms in total. The predicted molar refractivity (Wildman–Crippen MR) is 93.0 cm³/mol. The van der Waals surface area contributed by atoms with E-state index >= 15 is 0 Å². The van der Waals surface area contributed by atoms with Crippen molar-refractivity contribution in [1.29, 1.82) is 0 Å². The normalized spacial score (nSPS) is 26.6. The van der Waals surface area contributed by atoms with Crippen LogP contribution in [-0.2, 0) is 14.4 Å². The Hall–Kier alpha value is -2.76. The van der Waals surface area contributed by atoms with Crippen LogP contribution in [0.2, 0.25) is 0 Å². The third-order valence-corrected chi connectivity index (χ3v) is 5.26. The zero-order valence-corrected chi connectivity index (χ0v) is 13.9. The largest absolute Gasteiger partial charge is 0.345 e. The van der Waals surface area contributed by atoms with Gasteiger partial charge >= 0.3 is 0 Å². The third kappa shape index (κ3) is 2.49. The van der Waals surface area contributed by atoms with Gasteiger partial charge in [0.2, 0.25) is 5.78 Å². The molecule has 25 heavy (non-hydrogen) atoms. The smallest absolute Gasteiger partial charge is 0.295 e. The number of anilines is 1. The molecule has 6 heteroatoms. The molecule has 0 radical (unpaired) electrons. The number of nitrogens with zero attached hydrogens (tertiary/aromatic N) is 2. The van der Waals surface area contributed by atoms with Crippen LogP contribution in [0.1, 0.15) is 26.2 Å². The van der Waals surface area contributed by atoms with E-state index in [9.17, 15) is 14.4 Å². The number of imidazole rings is 1. The van der Waals surface area contributed by atoms with Crippen LogP contribution >= 0.6 is 0 Å². The van der Waals surface area contributed by atoms with Gasteiger partial charge in [-0.05, 0) is 50.3 Å². The molecular formula is C19H19N3O3. The molecule has 1 aliphatic heterocycles. The summed E-state index contributed by atoms with van der Waals surface area (Å²) in [6, 6.07) is 5.02. The molecule has 1 aromatic carbocycles. The van der Waals surface area contributed by atoms with Gasteiger partial charge < -0.3 is 9.88 Å². The van der Waals surface area contributed by atoms with Crippen LogP contribution in [0.3, 0.4) is 0 Å². The first-order valence-corrected chi connectivity index (χ1v) is 8.54. The first-order chi connectivity index (χ1) is 12.1. The highest BCUT2D eigenvalue weighted by molar-refractivity contribution is 6.48. The van der Waals surface area contributed by atoms with E-state index in [1.165, 1.54) is 6.92 Å². The SMILES string of the molecule is CC(=O)C1C(=O)C(=O)N(c2ccc3nc[nH]c3c2)C1C1CC=CCC1. The maximum atomic E-state index is 12.7. The van der Waals surface area contributed by atoms with Crippen molar-refractivity contribution in [2.24, 2.45) is 11.8 Å². The number of carbonyl (C=O) groups excluding carboxylic acids is 3. The number of benzene rings is 1. The van der Waals surface area contributed by atoms with Crippen LogP contribution in [0, 0.1) is 11.8 Å². The number of nitrogens with one attached hydrogen (secondary N) is 1. The van der Waals surface area contributed by atoms with Crippen molar-refractivity contribution in [3.63, 3.8) is 0 Å². The number of aromatic amines is 1. The monoisotopic (exact) mass is 337 g/mol. The van der Waals surface area contributed by atoms with Crippen molar-refractivity contribution in [3.05, 3.63) is 36.7 Å². The third-order valence-electron chi connectivity index (χ3n) is 5.26. The van der Waals surface area contributed by atoms with E-state index in [4.69, 9.17) is 0 Å². The molecule has 1 fully saturated rings. The number of aromatic nitrogens is 2. The number of carbonyl (C=O) groups is 3.